The van der Waals surface area contributed by atoms with Gasteiger partial charge in [-0.2, -0.15) is 0 Å². The Labute approximate surface area is 84.2 Å². The van der Waals surface area contributed by atoms with Crippen molar-refractivity contribution in [2.75, 3.05) is 6.26 Å². The highest BCUT2D eigenvalue weighted by atomic mass is 32.2. The van der Waals surface area contributed by atoms with Crippen molar-refractivity contribution in [3.05, 3.63) is 23.7 Å². The fraction of sp³-hybridized carbons (Fsp3) is 0.125. The summed E-state index contributed by atoms with van der Waals surface area (Å²) in [6.45, 7) is 0. The summed E-state index contributed by atoms with van der Waals surface area (Å²) in [4.78, 5) is 5.25. The van der Waals surface area contributed by atoms with Crippen LogP contribution in [-0.2, 0) is 0 Å². The van der Waals surface area contributed by atoms with E-state index >= 15 is 0 Å². The molecule has 66 valence electrons. The Morgan fingerprint density at radius 3 is 2.85 bits per heavy atom. The van der Waals surface area contributed by atoms with E-state index in [9.17, 15) is 0 Å². The molecule has 0 aliphatic heterocycles. The quantitative estimate of drug-likeness (QED) is 0.711. The van der Waals surface area contributed by atoms with Crippen LogP contribution < -0.4 is 0 Å². The number of rotatable bonds is 2. The van der Waals surface area contributed by atoms with Gasteiger partial charge in [0, 0.05) is 0 Å². The third-order valence-electron chi connectivity index (χ3n) is 1.50. The predicted octanol–water partition coefficient (Wildman–Crippen LogP) is 2.32. The largest absolute Gasteiger partial charge is 0.227 e. The van der Waals surface area contributed by atoms with Crippen molar-refractivity contribution in [3.8, 4) is 10.6 Å². The van der Waals surface area contributed by atoms with Crippen molar-refractivity contribution >= 4 is 23.1 Å². The van der Waals surface area contributed by atoms with Crippen LogP contribution in [0.2, 0.25) is 0 Å². The summed E-state index contributed by atoms with van der Waals surface area (Å²) in [5.74, 6) is 0. The monoisotopic (exact) mass is 209 g/mol. The van der Waals surface area contributed by atoms with E-state index in [0.717, 1.165) is 10.6 Å². The minimum Gasteiger partial charge on any atom is -0.227 e. The van der Waals surface area contributed by atoms with Crippen molar-refractivity contribution in [1.82, 2.24) is 15.2 Å². The Bertz CT molecular complexity index is 369. The van der Waals surface area contributed by atoms with Gasteiger partial charge in [0.15, 0.2) is 0 Å². The Balaban J connectivity index is 2.33. The van der Waals surface area contributed by atoms with Crippen LogP contribution in [0, 0.1) is 0 Å². The minimum atomic E-state index is 0.709. The SMILES string of the molecule is CSc1ncc(-c2cccs2)nn1. The molecule has 3 nitrogen and oxygen atoms in total. The summed E-state index contributed by atoms with van der Waals surface area (Å²) >= 11 is 3.13. The molecule has 13 heavy (non-hydrogen) atoms. The van der Waals surface area contributed by atoms with Gasteiger partial charge in [-0.1, -0.05) is 17.8 Å². The average Bonchev–Trinajstić information content (AvgIpc) is 2.71. The standard InChI is InChI=1S/C8H7N3S2/c1-12-8-9-5-6(10-11-8)7-3-2-4-13-7/h2-5H,1H3. The lowest BCUT2D eigenvalue weighted by molar-refractivity contribution is 0.848. The van der Waals surface area contributed by atoms with Gasteiger partial charge in [0.1, 0.15) is 5.69 Å². The molecule has 5 heteroatoms. The van der Waals surface area contributed by atoms with Crippen molar-refractivity contribution in [2.24, 2.45) is 0 Å². The zero-order chi connectivity index (χ0) is 9.10. The van der Waals surface area contributed by atoms with Crippen LogP contribution in [0.5, 0.6) is 0 Å². The van der Waals surface area contributed by atoms with Crippen LogP contribution >= 0.6 is 23.1 Å². The number of hydrogen-bond donors (Lipinski definition) is 0. The maximum absolute atomic E-state index is 4.15. The molecule has 2 aromatic rings. The highest BCUT2D eigenvalue weighted by Crippen LogP contribution is 2.21. The molecular weight excluding hydrogens is 202 g/mol. The average molecular weight is 209 g/mol. The molecule has 0 fully saturated rings. The number of hydrogen-bond acceptors (Lipinski definition) is 5. The second-order valence-electron chi connectivity index (χ2n) is 2.31. The first-order valence-corrected chi connectivity index (χ1v) is 5.78. The smallest absolute Gasteiger partial charge is 0.208 e. The molecule has 2 rings (SSSR count). The van der Waals surface area contributed by atoms with Gasteiger partial charge >= 0.3 is 0 Å². The lowest BCUT2D eigenvalue weighted by Crippen LogP contribution is -1.90. The molecular formula is C8H7N3S2. The lowest BCUT2D eigenvalue weighted by atomic mass is 10.4. The van der Waals surface area contributed by atoms with Gasteiger partial charge in [-0.15, -0.1) is 21.5 Å². The molecule has 0 saturated heterocycles. The maximum atomic E-state index is 4.15. The van der Waals surface area contributed by atoms with E-state index < -0.39 is 0 Å². The molecule has 2 heterocycles. The molecule has 0 aliphatic carbocycles. The third-order valence-corrected chi connectivity index (χ3v) is 2.94. The number of aromatic nitrogens is 3. The lowest BCUT2D eigenvalue weighted by Gasteiger charge is -1.95. The van der Waals surface area contributed by atoms with Gasteiger partial charge in [0.05, 0.1) is 11.1 Å². The number of nitrogens with zero attached hydrogens (tertiary/aromatic N) is 3. The van der Waals surface area contributed by atoms with Gasteiger partial charge in [-0.05, 0) is 17.7 Å². The van der Waals surface area contributed by atoms with Gasteiger partial charge in [0.2, 0.25) is 5.16 Å². The molecule has 0 bridgehead atoms. The Morgan fingerprint density at radius 2 is 2.31 bits per heavy atom. The van der Waals surface area contributed by atoms with Crippen LogP contribution in [0.25, 0.3) is 10.6 Å². The topological polar surface area (TPSA) is 38.7 Å². The zero-order valence-electron chi connectivity index (χ0n) is 6.97. The van der Waals surface area contributed by atoms with E-state index in [2.05, 4.69) is 15.2 Å². The minimum absolute atomic E-state index is 0.709. The van der Waals surface area contributed by atoms with Crippen LogP contribution in [0.15, 0.2) is 28.9 Å². The second kappa shape index (κ2) is 3.85. The third kappa shape index (κ3) is 1.87. The summed E-state index contributed by atoms with van der Waals surface area (Å²) in [6.07, 6.45) is 3.69. The highest BCUT2D eigenvalue weighted by molar-refractivity contribution is 7.98. The fourth-order valence-electron chi connectivity index (χ4n) is 0.895. The summed E-state index contributed by atoms with van der Waals surface area (Å²) in [5, 5.41) is 10.8. The van der Waals surface area contributed by atoms with E-state index in [4.69, 9.17) is 0 Å². The van der Waals surface area contributed by atoms with Crippen LogP contribution in [0.1, 0.15) is 0 Å². The summed E-state index contributed by atoms with van der Waals surface area (Å²) in [5.41, 5.74) is 0.841. The molecule has 0 saturated carbocycles. The molecule has 0 atom stereocenters. The molecule has 0 aromatic carbocycles. The van der Waals surface area contributed by atoms with E-state index in [1.54, 1.807) is 17.5 Å². The Morgan fingerprint density at radius 1 is 1.38 bits per heavy atom. The summed E-state index contributed by atoms with van der Waals surface area (Å²) in [7, 11) is 0. The predicted molar refractivity (Wildman–Crippen MR) is 54.9 cm³/mol. The van der Waals surface area contributed by atoms with Crippen molar-refractivity contribution < 1.29 is 0 Å². The van der Waals surface area contributed by atoms with Crippen molar-refractivity contribution in [3.63, 3.8) is 0 Å². The molecule has 0 N–H and O–H groups in total. The summed E-state index contributed by atoms with van der Waals surface area (Å²) in [6, 6.07) is 4.00. The highest BCUT2D eigenvalue weighted by Gasteiger charge is 2.01. The van der Waals surface area contributed by atoms with E-state index in [0.29, 0.717) is 5.16 Å². The first kappa shape index (κ1) is 8.65. The van der Waals surface area contributed by atoms with Gasteiger partial charge in [0.25, 0.3) is 0 Å². The normalized spacial score (nSPS) is 10.2. The first-order chi connectivity index (χ1) is 6.40. The van der Waals surface area contributed by atoms with Gasteiger partial charge in [-0.3, -0.25) is 0 Å². The van der Waals surface area contributed by atoms with Gasteiger partial charge < -0.3 is 0 Å². The second-order valence-corrected chi connectivity index (χ2v) is 4.03. The molecule has 0 aliphatic rings. The van der Waals surface area contributed by atoms with Crippen molar-refractivity contribution in [2.45, 2.75) is 5.16 Å². The number of thiophene rings is 1. The van der Waals surface area contributed by atoms with Gasteiger partial charge in [-0.25, -0.2) is 4.98 Å². The first-order valence-electron chi connectivity index (χ1n) is 3.68. The molecule has 0 amide bonds. The zero-order valence-corrected chi connectivity index (χ0v) is 8.60. The van der Waals surface area contributed by atoms with Crippen molar-refractivity contribution in [1.29, 1.82) is 0 Å². The fourth-order valence-corrected chi connectivity index (χ4v) is 1.85. The van der Waals surface area contributed by atoms with E-state index in [1.807, 2.05) is 23.8 Å². The molecule has 0 unspecified atom stereocenters. The number of thioether (sulfide) groups is 1. The summed E-state index contributed by atoms with van der Waals surface area (Å²) < 4.78 is 0. The van der Waals surface area contributed by atoms with Crippen LogP contribution in [0.3, 0.4) is 0 Å². The molecule has 0 radical (unpaired) electrons. The maximum Gasteiger partial charge on any atom is 0.208 e. The molecule has 0 spiro atoms. The van der Waals surface area contributed by atoms with Crippen LogP contribution in [0.4, 0.5) is 0 Å². The van der Waals surface area contributed by atoms with Crippen LogP contribution in [-0.4, -0.2) is 21.4 Å². The van der Waals surface area contributed by atoms with E-state index in [-0.39, 0.29) is 0 Å². The molecule has 2 aromatic heterocycles. The Kier molecular flexibility index (Phi) is 2.56. The van der Waals surface area contributed by atoms with E-state index in [1.165, 1.54) is 11.8 Å². The Hall–Kier alpha value is -0.940.